The molecule has 3 aromatic rings. The number of ether oxygens (including phenoxy) is 1. The molecule has 0 unspecified atom stereocenters. The second kappa shape index (κ2) is 8.54. The lowest BCUT2D eigenvalue weighted by Gasteiger charge is -2.07. The molecule has 1 heterocycles. The summed E-state index contributed by atoms with van der Waals surface area (Å²) in [4.78, 5) is 39.4. The van der Waals surface area contributed by atoms with Crippen LogP contribution in [0.4, 0.5) is 5.69 Å². The molecule has 0 spiro atoms. The van der Waals surface area contributed by atoms with Gasteiger partial charge in [-0.2, -0.15) is 4.99 Å². The maximum Gasteiger partial charge on any atom is 0.326 e. The van der Waals surface area contributed by atoms with Gasteiger partial charge in [-0.1, -0.05) is 22.9 Å². The van der Waals surface area contributed by atoms with Crippen molar-refractivity contribution in [2.45, 2.75) is 20.4 Å². The molecule has 1 amide bonds. The Bertz CT molecular complexity index is 1180. The van der Waals surface area contributed by atoms with E-state index in [0.717, 1.165) is 10.3 Å². The maximum absolute atomic E-state index is 12.6. The zero-order valence-corrected chi connectivity index (χ0v) is 17.1. The fraction of sp³-hybridized carbons (Fsp3) is 0.211. The molecule has 0 radical (unpaired) electrons. The molecule has 0 saturated carbocycles. The molecule has 0 aliphatic rings. The first kappa shape index (κ1) is 20.7. The number of carbonyl (C=O) groups excluding carboxylic acids is 2. The highest BCUT2D eigenvalue weighted by Gasteiger charge is 2.16. The van der Waals surface area contributed by atoms with Crippen molar-refractivity contribution in [2.24, 2.45) is 4.99 Å². The largest absolute Gasteiger partial charge is 0.465 e. The zero-order chi connectivity index (χ0) is 21.1. The quantitative estimate of drug-likeness (QED) is 0.345. The zero-order valence-electron chi connectivity index (χ0n) is 15.5. The first-order valence-electron chi connectivity index (χ1n) is 8.59. The standard InChI is InChI=1S/C19H16ClN3O5S/c1-3-28-16(24)10-22-17-11(2)14(20)8-9-15(17)29-19(22)21-18(25)12-4-6-13(7-5-12)23(26)27/h4-9H,3,10H2,1-2H3. The minimum Gasteiger partial charge on any atom is -0.465 e. The highest BCUT2D eigenvalue weighted by molar-refractivity contribution is 7.16. The molecule has 2 aromatic carbocycles. The molecule has 0 fully saturated rings. The third-order valence-electron chi connectivity index (χ3n) is 4.14. The van der Waals surface area contributed by atoms with Crippen LogP contribution in [-0.2, 0) is 16.1 Å². The highest BCUT2D eigenvalue weighted by atomic mass is 35.5. The SMILES string of the molecule is CCOC(=O)Cn1c(=NC(=O)c2ccc([N+](=O)[O-])cc2)sc2ccc(Cl)c(C)c21. The molecule has 0 atom stereocenters. The van der Waals surface area contributed by atoms with Crippen molar-refractivity contribution in [2.75, 3.05) is 6.61 Å². The molecule has 29 heavy (non-hydrogen) atoms. The number of aromatic nitrogens is 1. The molecule has 0 saturated heterocycles. The van der Waals surface area contributed by atoms with Crippen molar-refractivity contribution in [3.05, 3.63) is 67.5 Å². The van der Waals surface area contributed by atoms with E-state index in [0.29, 0.717) is 15.3 Å². The van der Waals surface area contributed by atoms with Crippen molar-refractivity contribution in [1.82, 2.24) is 4.57 Å². The molecule has 0 aliphatic carbocycles. The van der Waals surface area contributed by atoms with Crippen LogP contribution in [0.2, 0.25) is 5.02 Å². The Balaban J connectivity index is 2.11. The summed E-state index contributed by atoms with van der Waals surface area (Å²) < 4.78 is 7.45. The normalized spacial score (nSPS) is 11.6. The Morgan fingerprint density at radius 1 is 1.24 bits per heavy atom. The summed E-state index contributed by atoms with van der Waals surface area (Å²) in [5.74, 6) is -1.04. The van der Waals surface area contributed by atoms with Gasteiger partial charge in [0.2, 0.25) is 0 Å². The molecule has 0 bridgehead atoms. The molecule has 3 rings (SSSR count). The van der Waals surface area contributed by atoms with Gasteiger partial charge in [0.25, 0.3) is 11.6 Å². The van der Waals surface area contributed by atoms with Gasteiger partial charge >= 0.3 is 5.97 Å². The number of rotatable bonds is 5. The van der Waals surface area contributed by atoms with Crippen molar-refractivity contribution in [3.8, 4) is 0 Å². The lowest BCUT2D eigenvalue weighted by atomic mass is 10.2. The van der Waals surface area contributed by atoms with Gasteiger partial charge in [0, 0.05) is 22.7 Å². The minimum absolute atomic E-state index is 0.119. The van der Waals surface area contributed by atoms with Gasteiger partial charge in [-0.3, -0.25) is 19.7 Å². The average Bonchev–Trinajstić information content (AvgIpc) is 3.02. The highest BCUT2D eigenvalue weighted by Crippen LogP contribution is 2.27. The number of amides is 1. The van der Waals surface area contributed by atoms with E-state index in [1.54, 1.807) is 23.6 Å². The summed E-state index contributed by atoms with van der Waals surface area (Å²) in [5.41, 5.74) is 1.54. The van der Waals surface area contributed by atoms with Gasteiger partial charge in [-0.05, 0) is 43.7 Å². The number of aryl methyl sites for hydroxylation is 1. The molecule has 1 aromatic heterocycles. The first-order valence-corrected chi connectivity index (χ1v) is 9.78. The Morgan fingerprint density at radius 2 is 1.93 bits per heavy atom. The van der Waals surface area contributed by atoms with Crippen LogP contribution in [0.5, 0.6) is 0 Å². The van der Waals surface area contributed by atoms with Crippen LogP contribution in [0.15, 0.2) is 41.4 Å². The summed E-state index contributed by atoms with van der Waals surface area (Å²) in [5, 5.41) is 11.3. The van der Waals surface area contributed by atoms with Crippen molar-refractivity contribution in [3.63, 3.8) is 0 Å². The van der Waals surface area contributed by atoms with Crippen molar-refractivity contribution in [1.29, 1.82) is 0 Å². The molecular weight excluding hydrogens is 418 g/mol. The van der Waals surface area contributed by atoms with E-state index in [1.807, 2.05) is 6.92 Å². The number of nitro groups is 1. The number of nitrogens with zero attached hydrogens (tertiary/aromatic N) is 3. The van der Waals surface area contributed by atoms with Crippen LogP contribution < -0.4 is 4.80 Å². The van der Waals surface area contributed by atoms with Gasteiger partial charge in [0.05, 0.1) is 21.7 Å². The van der Waals surface area contributed by atoms with Gasteiger partial charge < -0.3 is 9.30 Å². The Labute approximate surface area is 174 Å². The Kier molecular flexibility index (Phi) is 6.09. The van der Waals surface area contributed by atoms with Crippen molar-refractivity contribution >= 4 is 50.7 Å². The number of nitro benzene ring substituents is 1. The maximum atomic E-state index is 12.6. The van der Waals surface area contributed by atoms with E-state index in [4.69, 9.17) is 16.3 Å². The number of thiazole rings is 1. The second-order valence-electron chi connectivity index (χ2n) is 6.02. The Morgan fingerprint density at radius 3 is 2.55 bits per heavy atom. The number of carbonyl (C=O) groups is 2. The fourth-order valence-corrected chi connectivity index (χ4v) is 4.00. The summed E-state index contributed by atoms with van der Waals surface area (Å²) in [7, 11) is 0. The van der Waals surface area contributed by atoms with E-state index < -0.39 is 16.8 Å². The van der Waals surface area contributed by atoms with Gasteiger partial charge in [-0.25, -0.2) is 0 Å². The number of non-ortho nitro benzene ring substituents is 1. The molecule has 8 nitrogen and oxygen atoms in total. The van der Waals surface area contributed by atoms with Crippen LogP contribution in [-0.4, -0.2) is 28.0 Å². The van der Waals surface area contributed by atoms with Crippen LogP contribution in [0.1, 0.15) is 22.8 Å². The summed E-state index contributed by atoms with van der Waals surface area (Å²) in [6.07, 6.45) is 0. The average molecular weight is 434 g/mol. The molecule has 0 N–H and O–H groups in total. The van der Waals surface area contributed by atoms with Crippen LogP contribution in [0.3, 0.4) is 0 Å². The third-order valence-corrected chi connectivity index (χ3v) is 5.60. The predicted molar refractivity (Wildman–Crippen MR) is 109 cm³/mol. The van der Waals surface area contributed by atoms with Crippen LogP contribution in [0.25, 0.3) is 10.2 Å². The van der Waals surface area contributed by atoms with E-state index >= 15 is 0 Å². The van der Waals surface area contributed by atoms with Gasteiger partial charge in [0.1, 0.15) is 6.54 Å². The molecular formula is C19H16ClN3O5S. The number of halogens is 1. The third kappa shape index (κ3) is 4.36. The van der Waals surface area contributed by atoms with Crippen LogP contribution in [0, 0.1) is 17.0 Å². The molecule has 150 valence electrons. The number of benzene rings is 2. The summed E-state index contributed by atoms with van der Waals surface area (Å²) in [6.45, 7) is 3.64. The minimum atomic E-state index is -0.576. The lowest BCUT2D eigenvalue weighted by molar-refractivity contribution is -0.384. The van der Waals surface area contributed by atoms with Crippen LogP contribution >= 0.6 is 22.9 Å². The number of esters is 1. The number of hydrogen-bond donors (Lipinski definition) is 0. The van der Waals surface area contributed by atoms with E-state index in [1.165, 1.54) is 35.6 Å². The lowest BCUT2D eigenvalue weighted by Crippen LogP contribution is -2.23. The summed E-state index contributed by atoms with van der Waals surface area (Å²) >= 11 is 7.47. The number of fused-ring (bicyclic) bond motifs is 1. The predicted octanol–water partition coefficient (Wildman–Crippen LogP) is 3.88. The van der Waals surface area contributed by atoms with E-state index in [2.05, 4.69) is 4.99 Å². The number of hydrogen-bond acceptors (Lipinski definition) is 6. The van der Waals surface area contributed by atoms with Gasteiger partial charge in [-0.15, -0.1) is 0 Å². The van der Waals surface area contributed by atoms with E-state index in [-0.39, 0.29) is 24.4 Å². The first-order chi connectivity index (χ1) is 13.8. The monoisotopic (exact) mass is 433 g/mol. The second-order valence-corrected chi connectivity index (χ2v) is 7.43. The summed E-state index contributed by atoms with van der Waals surface area (Å²) in [6, 6.07) is 8.71. The smallest absolute Gasteiger partial charge is 0.326 e. The van der Waals surface area contributed by atoms with Crippen molar-refractivity contribution < 1.29 is 19.2 Å². The van der Waals surface area contributed by atoms with Gasteiger partial charge in [0.15, 0.2) is 4.80 Å². The molecule has 10 heteroatoms. The topological polar surface area (TPSA) is 104 Å². The Hall–Kier alpha value is -3.04. The molecule has 0 aliphatic heterocycles. The van der Waals surface area contributed by atoms with E-state index in [9.17, 15) is 19.7 Å². The fourth-order valence-electron chi connectivity index (χ4n) is 2.76.